The molecule has 3 aromatic carbocycles. The van der Waals surface area contributed by atoms with E-state index in [1.165, 1.54) is 6.07 Å². The van der Waals surface area contributed by atoms with Crippen molar-refractivity contribution in [3.05, 3.63) is 119 Å². The fourth-order valence-corrected chi connectivity index (χ4v) is 3.86. The average molecular weight is 384 g/mol. The predicted molar refractivity (Wildman–Crippen MR) is 106 cm³/mol. The van der Waals surface area contributed by atoms with Crippen molar-refractivity contribution in [1.82, 2.24) is 0 Å². The summed E-state index contributed by atoms with van der Waals surface area (Å²) in [7, 11) is 0. The van der Waals surface area contributed by atoms with Gasteiger partial charge in [-0.1, -0.05) is 78.9 Å². The van der Waals surface area contributed by atoms with Gasteiger partial charge in [0.1, 0.15) is 17.5 Å². The van der Waals surface area contributed by atoms with Crippen molar-refractivity contribution in [2.75, 3.05) is 0 Å². The summed E-state index contributed by atoms with van der Waals surface area (Å²) < 4.78 is 20.9. The van der Waals surface area contributed by atoms with Gasteiger partial charge in [0.05, 0.1) is 5.92 Å². The molecule has 4 nitrogen and oxygen atoms in total. The number of nitriles is 1. The lowest BCUT2D eigenvalue weighted by atomic mass is 9.71. The quantitative estimate of drug-likeness (QED) is 0.676. The minimum absolute atomic E-state index is 0.0308. The number of carbonyl (C=O) groups excluding carboxylic acids is 1. The number of nitrogens with zero attached hydrogens (tertiary/aromatic N) is 1. The van der Waals surface area contributed by atoms with Crippen LogP contribution in [0.1, 0.15) is 27.4 Å². The molecular formula is C24H17FN2O2. The van der Waals surface area contributed by atoms with E-state index in [2.05, 4.69) is 0 Å². The highest BCUT2D eigenvalue weighted by Gasteiger charge is 2.57. The number of halogens is 1. The van der Waals surface area contributed by atoms with Gasteiger partial charge in [0.15, 0.2) is 0 Å². The molecule has 0 amide bonds. The average Bonchev–Trinajstić information content (AvgIpc) is 3.07. The number of nitrogens with two attached hydrogens (primary N) is 1. The highest BCUT2D eigenvalue weighted by atomic mass is 19.1. The molecule has 0 spiro atoms. The Morgan fingerprint density at radius 1 is 0.966 bits per heavy atom. The van der Waals surface area contributed by atoms with E-state index in [1.54, 1.807) is 78.9 Å². The highest BCUT2D eigenvalue weighted by molar-refractivity contribution is 6.04. The Balaban J connectivity index is 2.03. The molecule has 29 heavy (non-hydrogen) atoms. The second-order valence-electron chi connectivity index (χ2n) is 6.74. The van der Waals surface area contributed by atoms with Gasteiger partial charge in [-0.25, -0.2) is 4.39 Å². The molecule has 0 aromatic heterocycles. The standard InChI is InChI=1S/C24H17FN2O2/c25-20-14-8-7-13-18(20)21-19(15-26)23(27)29-24(21,17-11-5-2-6-12-17)22(28)16-9-3-1-4-10-16/h1-14,21H,27H2/t21-,24+/m1/s1. The van der Waals surface area contributed by atoms with Gasteiger partial charge in [0.25, 0.3) is 0 Å². The smallest absolute Gasteiger partial charge is 0.212 e. The van der Waals surface area contributed by atoms with E-state index in [0.717, 1.165) is 0 Å². The predicted octanol–water partition coefficient (Wildman–Crippen LogP) is 4.41. The van der Waals surface area contributed by atoms with Crippen LogP contribution in [0.25, 0.3) is 0 Å². The monoisotopic (exact) mass is 384 g/mol. The van der Waals surface area contributed by atoms with E-state index in [0.29, 0.717) is 11.1 Å². The Kier molecular flexibility index (Phi) is 4.61. The van der Waals surface area contributed by atoms with Gasteiger partial charge >= 0.3 is 0 Å². The maximum atomic E-state index is 14.9. The Morgan fingerprint density at radius 2 is 1.55 bits per heavy atom. The molecule has 0 fully saturated rings. The molecule has 1 heterocycles. The normalized spacial score (nSPS) is 20.8. The minimum Gasteiger partial charge on any atom is -0.458 e. The van der Waals surface area contributed by atoms with E-state index in [9.17, 15) is 14.4 Å². The van der Waals surface area contributed by atoms with Gasteiger partial charge < -0.3 is 10.5 Å². The molecule has 3 aromatic rings. The fraction of sp³-hybridized carbons (Fsp3) is 0.0833. The SMILES string of the molecule is N#CC1=C(N)O[C@@](C(=O)c2ccccc2)(c2ccccc2)[C@@H]1c1ccccc1F. The van der Waals surface area contributed by atoms with Crippen LogP contribution in [0.3, 0.4) is 0 Å². The molecule has 0 aliphatic carbocycles. The Bertz CT molecular complexity index is 1140. The fourth-order valence-electron chi connectivity index (χ4n) is 3.86. The third-order valence-electron chi connectivity index (χ3n) is 5.14. The van der Waals surface area contributed by atoms with Gasteiger partial charge in [0, 0.05) is 16.7 Å². The molecule has 1 aliphatic rings. The van der Waals surface area contributed by atoms with Gasteiger partial charge in [-0.05, 0) is 6.07 Å². The Morgan fingerprint density at radius 3 is 2.17 bits per heavy atom. The van der Waals surface area contributed by atoms with Crippen LogP contribution in [0.2, 0.25) is 0 Å². The van der Waals surface area contributed by atoms with E-state index in [4.69, 9.17) is 10.5 Å². The zero-order chi connectivity index (χ0) is 20.4. The van der Waals surface area contributed by atoms with Crippen LogP contribution in [0.15, 0.2) is 96.4 Å². The molecule has 0 bridgehead atoms. The molecule has 2 N–H and O–H groups in total. The van der Waals surface area contributed by atoms with Gasteiger partial charge in [-0.15, -0.1) is 0 Å². The van der Waals surface area contributed by atoms with Crippen molar-refractivity contribution in [3.63, 3.8) is 0 Å². The molecule has 5 heteroatoms. The van der Waals surface area contributed by atoms with E-state index in [1.807, 2.05) is 6.07 Å². The number of Topliss-reactive ketones (excluding diaryl/α,β-unsaturated/α-hetero) is 1. The lowest BCUT2D eigenvalue weighted by Crippen LogP contribution is -2.42. The summed E-state index contributed by atoms with van der Waals surface area (Å²) in [6.45, 7) is 0. The van der Waals surface area contributed by atoms with Crippen molar-refractivity contribution < 1.29 is 13.9 Å². The van der Waals surface area contributed by atoms with Crippen LogP contribution < -0.4 is 5.73 Å². The number of hydrogen-bond donors (Lipinski definition) is 1. The largest absolute Gasteiger partial charge is 0.458 e. The third-order valence-corrected chi connectivity index (χ3v) is 5.14. The van der Waals surface area contributed by atoms with Crippen molar-refractivity contribution >= 4 is 5.78 Å². The molecule has 4 rings (SSSR count). The summed E-state index contributed by atoms with van der Waals surface area (Å²) in [5.41, 5.74) is 5.45. The maximum absolute atomic E-state index is 14.9. The summed E-state index contributed by atoms with van der Waals surface area (Å²) in [6.07, 6.45) is 0. The minimum atomic E-state index is -1.69. The number of rotatable bonds is 4. The number of hydrogen-bond acceptors (Lipinski definition) is 4. The van der Waals surface area contributed by atoms with E-state index < -0.39 is 23.1 Å². The second kappa shape index (κ2) is 7.25. The molecule has 2 atom stereocenters. The van der Waals surface area contributed by atoms with Crippen LogP contribution in [-0.2, 0) is 10.3 Å². The summed E-state index contributed by atoms with van der Waals surface area (Å²) in [4.78, 5) is 13.8. The van der Waals surface area contributed by atoms with Crippen LogP contribution >= 0.6 is 0 Å². The molecule has 0 saturated carbocycles. The number of carbonyl (C=O) groups is 1. The van der Waals surface area contributed by atoms with Crippen LogP contribution in [0, 0.1) is 17.1 Å². The molecule has 1 aliphatic heterocycles. The van der Waals surface area contributed by atoms with Gasteiger partial charge in [-0.3, -0.25) is 4.79 Å². The van der Waals surface area contributed by atoms with E-state index >= 15 is 0 Å². The molecule has 0 saturated heterocycles. The Labute approximate surface area is 167 Å². The first-order valence-electron chi connectivity index (χ1n) is 9.08. The number of ether oxygens (including phenoxy) is 1. The lowest BCUT2D eigenvalue weighted by Gasteiger charge is -2.34. The maximum Gasteiger partial charge on any atom is 0.212 e. The van der Waals surface area contributed by atoms with Crippen molar-refractivity contribution in [2.45, 2.75) is 11.5 Å². The summed E-state index contributed by atoms with van der Waals surface area (Å²) in [5.74, 6) is -2.13. The van der Waals surface area contributed by atoms with Crippen molar-refractivity contribution in [1.29, 1.82) is 5.26 Å². The Hall–Kier alpha value is -3.91. The first-order chi connectivity index (χ1) is 14.1. The first kappa shape index (κ1) is 18.5. The summed E-state index contributed by atoms with van der Waals surface area (Å²) >= 11 is 0. The lowest BCUT2D eigenvalue weighted by molar-refractivity contribution is 0.0131. The topological polar surface area (TPSA) is 76.1 Å². The van der Waals surface area contributed by atoms with Gasteiger partial charge in [0.2, 0.25) is 17.3 Å². The first-order valence-corrected chi connectivity index (χ1v) is 9.08. The van der Waals surface area contributed by atoms with E-state index in [-0.39, 0.29) is 17.0 Å². The van der Waals surface area contributed by atoms with Crippen LogP contribution in [0.5, 0.6) is 0 Å². The van der Waals surface area contributed by atoms with Crippen molar-refractivity contribution in [3.8, 4) is 6.07 Å². The third kappa shape index (κ3) is 2.86. The number of ketones is 1. The molecule has 142 valence electrons. The zero-order valence-corrected chi connectivity index (χ0v) is 15.4. The molecule has 0 radical (unpaired) electrons. The summed E-state index contributed by atoms with van der Waals surface area (Å²) in [6, 6.07) is 25.5. The van der Waals surface area contributed by atoms with Gasteiger partial charge in [-0.2, -0.15) is 5.26 Å². The van der Waals surface area contributed by atoms with Crippen molar-refractivity contribution in [2.24, 2.45) is 5.73 Å². The summed E-state index contributed by atoms with van der Waals surface area (Å²) in [5, 5.41) is 9.79. The number of benzene rings is 3. The molecular weight excluding hydrogens is 367 g/mol. The van der Waals surface area contributed by atoms with Crippen LogP contribution in [-0.4, -0.2) is 5.78 Å². The second-order valence-corrected chi connectivity index (χ2v) is 6.74. The van der Waals surface area contributed by atoms with Crippen LogP contribution in [0.4, 0.5) is 4.39 Å². The highest BCUT2D eigenvalue weighted by Crippen LogP contribution is 2.53. The zero-order valence-electron chi connectivity index (χ0n) is 15.4. The molecule has 0 unspecified atom stereocenters.